The van der Waals surface area contributed by atoms with Crippen LogP contribution in [0.5, 0.6) is 0 Å². The van der Waals surface area contributed by atoms with E-state index in [4.69, 9.17) is 5.73 Å². The van der Waals surface area contributed by atoms with Gasteiger partial charge < -0.3 is 10.6 Å². The van der Waals surface area contributed by atoms with Crippen LogP contribution < -0.4 is 5.73 Å². The fourth-order valence-corrected chi connectivity index (χ4v) is 2.60. The number of fused-ring (bicyclic) bond motifs is 1. The maximum Gasteiger partial charge on any atom is 0.225 e. The number of nitrogens with two attached hydrogens (primary N) is 1. The molecule has 0 saturated carbocycles. The van der Waals surface area contributed by atoms with Crippen LogP contribution in [0.4, 0.5) is 0 Å². The zero-order valence-electron chi connectivity index (χ0n) is 12.1. The van der Waals surface area contributed by atoms with Gasteiger partial charge >= 0.3 is 0 Å². The number of hydrogen-bond donors (Lipinski definition) is 1. The second-order valence-corrected chi connectivity index (χ2v) is 5.71. The Labute approximate surface area is 115 Å². The van der Waals surface area contributed by atoms with E-state index in [2.05, 4.69) is 25.1 Å². The highest BCUT2D eigenvalue weighted by molar-refractivity contribution is 5.78. The number of amides is 1. The first-order valence-corrected chi connectivity index (χ1v) is 7.19. The van der Waals surface area contributed by atoms with Crippen LogP contribution in [0.15, 0.2) is 18.2 Å². The van der Waals surface area contributed by atoms with Crippen molar-refractivity contribution in [2.24, 2.45) is 11.7 Å². The van der Waals surface area contributed by atoms with Gasteiger partial charge in [0, 0.05) is 25.0 Å². The SMILES string of the molecule is CCC(N)c1ccc2c(c1)CN(C(=O)C(C)C)CC2. The molecule has 0 aliphatic carbocycles. The van der Waals surface area contributed by atoms with Crippen molar-refractivity contribution in [3.8, 4) is 0 Å². The minimum Gasteiger partial charge on any atom is -0.338 e. The number of carbonyl (C=O) groups excluding carboxylic acids is 1. The van der Waals surface area contributed by atoms with Gasteiger partial charge in [-0.15, -0.1) is 0 Å². The van der Waals surface area contributed by atoms with Gasteiger partial charge in [-0.2, -0.15) is 0 Å². The summed E-state index contributed by atoms with van der Waals surface area (Å²) in [7, 11) is 0. The molecule has 0 fully saturated rings. The minimum atomic E-state index is 0.0719. The lowest BCUT2D eigenvalue weighted by Crippen LogP contribution is -2.38. The summed E-state index contributed by atoms with van der Waals surface area (Å²) in [6, 6.07) is 6.59. The van der Waals surface area contributed by atoms with E-state index in [1.165, 1.54) is 16.7 Å². The molecular weight excluding hydrogens is 236 g/mol. The van der Waals surface area contributed by atoms with Crippen molar-refractivity contribution in [1.29, 1.82) is 0 Å². The fourth-order valence-electron chi connectivity index (χ4n) is 2.60. The zero-order chi connectivity index (χ0) is 14.0. The molecule has 2 N–H and O–H groups in total. The van der Waals surface area contributed by atoms with E-state index in [9.17, 15) is 4.79 Å². The largest absolute Gasteiger partial charge is 0.338 e. The maximum absolute atomic E-state index is 12.1. The molecular formula is C16H24N2O. The molecule has 0 bridgehead atoms. The van der Waals surface area contributed by atoms with Crippen molar-refractivity contribution in [3.05, 3.63) is 34.9 Å². The number of carbonyl (C=O) groups is 1. The molecule has 3 nitrogen and oxygen atoms in total. The van der Waals surface area contributed by atoms with Gasteiger partial charge in [0.2, 0.25) is 5.91 Å². The average Bonchev–Trinajstić information content (AvgIpc) is 2.44. The Kier molecular flexibility index (Phi) is 4.25. The predicted molar refractivity (Wildman–Crippen MR) is 77.6 cm³/mol. The van der Waals surface area contributed by atoms with Crippen molar-refractivity contribution in [2.75, 3.05) is 6.54 Å². The molecule has 1 atom stereocenters. The molecule has 0 saturated heterocycles. The Hall–Kier alpha value is -1.35. The molecule has 1 aromatic carbocycles. The molecule has 1 unspecified atom stereocenters. The molecule has 1 aromatic rings. The zero-order valence-corrected chi connectivity index (χ0v) is 12.1. The lowest BCUT2D eigenvalue weighted by Gasteiger charge is -2.31. The first-order chi connectivity index (χ1) is 9.02. The third kappa shape index (κ3) is 2.98. The summed E-state index contributed by atoms with van der Waals surface area (Å²) in [6.07, 6.45) is 1.89. The first-order valence-electron chi connectivity index (χ1n) is 7.19. The van der Waals surface area contributed by atoms with Gasteiger partial charge in [0.05, 0.1) is 0 Å². The number of hydrogen-bond acceptors (Lipinski definition) is 2. The van der Waals surface area contributed by atoms with Gasteiger partial charge in [0.1, 0.15) is 0 Å². The van der Waals surface area contributed by atoms with Gasteiger partial charge in [0.15, 0.2) is 0 Å². The van der Waals surface area contributed by atoms with Gasteiger partial charge in [-0.25, -0.2) is 0 Å². The van der Waals surface area contributed by atoms with Crippen molar-refractivity contribution in [2.45, 2.75) is 46.2 Å². The van der Waals surface area contributed by atoms with E-state index < -0.39 is 0 Å². The molecule has 0 aromatic heterocycles. The third-order valence-electron chi connectivity index (χ3n) is 3.92. The normalized spacial score (nSPS) is 16.4. The van der Waals surface area contributed by atoms with E-state index in [0.717, 1.165) is 25.9 Å². The van der Waals surface area contributed by atoms with Crippen molar-refractivity contribution >= 4 is 5.91 Å². The minimum absolute atomic E-state index is 0.0719. The van der Waals surface area contributed by atoms with Crippen molar-refractivity contribution in [1.82, 2.24) is 4.90 Å². The lowest BCUT2D eigenvalue weighted by atomic mass is 9.94. The maximum atomic E-state index is 12.1. The Morgan fingerprint density at radius 1 is 1.37 bits per heavy atom. The molecule has 19 heavy (non-hydrogen) atoms. The molecule has 2 rings (SSSR count). The van der Waals surface area contributed by atoms with Crippen LogP contribution in [-0.4, -0.2) is 17.4 Å². The molecule has 104 valence electrons. The fraction of sp³-hybridized carbons (Fsp3) is 0.562. The summed E-state index contributed by atoms with van der Waals surface area (Å²) in [5.74, 6) is 0.318. The second kappa shape index (κ2) is 5.74. The van der Waals surface area contributed by atoms with Crippen LogP contribution in [0.3, 0.4) is 0 Å². The molecule has 3 heteroatoms. The van der Waals surface area contributed by atoms with Crippen LogP contribution in [0.25, 0.3) is 0 Å². The van der Waals surface area contributed by atoms with Crippen LogP contribution in [0.2, 0.25) is 0 Å². The summed E-state index contributed by atoms with van der Waals surface area (Å²) >= 11 is 0. The van der Waals surface area contributed by atoms with Crippen LogP contribution >= 0.6 is 0 Å². The predicted octanol–water partition coefficient (Wildman–Crippen LogP) is 2.64. The van der Waals surface area contributed by atoms with E-state index in [1.54, 1.807) is 0 Å². The quantitative estimate of drug-likeness (QED) is 0.908. The molecule has 0 radical (unpaired) electrons. The third-order valence-corrected chi connectivity index (χ3v) is 3.92. The number of rotatable bonds is 3. The average molecular weight is 260 g/mol. The summed E-state index contributed by atoms with van der Waals surface area (Å²) < 4.78 is 0. The molecule has 1 aliphatic rings. The van der Waals surface area contributed by atoms with Gasteiger partial charge in [0.25, 0.3) is 0 Å². The molecule has 1 aliphatic heterocycles. The second-order valence-electron chi connectivity index (χ2n) is 5.71. The van der Waals surface area contributed by atoms with Gasteiger partial charge in [-0.3, -0.25) is 4.79 Å². The van der Waals surface area contributed by atoms with Crippen LogP contribution in [0.1, 0.15) is 49.9 Å². The molecule has 1 heterocycles. The standard InChI is InChI=1S/C16H24N2O/c1-4-15(17)13-6-5-12-7-8-18(10-14(12)9-13)16(19)11(2)3/h5-6,9,11,15H,4,7-8,10,17H2,1-3H3. The van der Waals surface area contributed by atoms with E-state index in [0.29, 0.717) is 0 Å². The Balaban J connectivity index is 2.21. The Morgan fingerprint density at radius 2 is 2.11 bits per heavy atom. The van der Waals surface area contributed by atoms with Gasteiger partial charge in [-0.1, -0.05) is 39.0 Å². The topological polar surface area (TPSA) is 46.3 Å². The summed E-state index contributed by atoms with van der Waals surface area (Å²) in [5.41, 5.74) is 9.90. The first kappa shape index (κ1) is 14.1. The monoisotopic (exact) mass is 260 g/mol. The lowest BCUT2D eigenvalue weighted by molar-refractivity contribution is -0.135. The summed E-state index contributed by atoms with van der Waals surface area (Å²) in [5, 5.41) is 0. The smallest absolute Gasteiger partial charge is 0.225 e. The Bertz CT molecular complexity index is 468. The molecule has 0 spiro atoms. The molecule has 1 amide bonds. The van der Waals surface area contributed by atoms with E-state index >= 15 is 0 Å². The Morgan fingerprint density at radius 3 is 2.74 bits per heavy atom. The highest BCUT2D eigenvalue weighted by Gasteiger charge is 2.22. The number of nitrogens with zero attached hydrogens (tertiary/aromatic N) is 1. The highest BCUT2D eigenvalue weighted by atomic mass is 16.2. The van der Waals surface area contributed by atoms with E-state index in [1.807, 2.05) is 18.7 Å². The van der Waals surface area contributed by atoms with Crippen LogP contribution in [0, 0.1) is 5.92 Å². The van der Waals surface area contributed by atoms with Crippen molar-refractivity contribution in [3.63, 3.8) is 0 Å². The number of benzene rings is 1. The van der Waals surface area contributed by atoms with Crippen LogP contribution in [-0.2, 0) is 17.8 Å². The van der Waals surface area contributed by atoms with Gasteiger partial charge in [-0.05, 0) is 29.5 Å². The summed E-state index contributed by atoms with van der Waals surface area (Å²) in [4.78, 5) is 14.1. The van der Waals surface area contributed by atoms with E-state index in [-0.39, 0.29) is 17.9 Å². The highest BCUT2D eigenvalue weighted by Crippen LogP contribution is 2.24. The van der Waals surface area contributed by atoms with Crippen molar-refractivity contribution < 1.29 is 4.79 Å². The summed E-state index contributed by atoms with van der Waals surface area (Å²) in [6.45, 7) is 7.58.